The second-order valence-electron chi connectivity index (χ2n) is 13.2. The second-order valence-corrected chi connectivity index (χ2v) is 13.2. The molecule has 0 radical (unpaired) electrons. The van der Waals surface area contributed by atoms with Crippen molar-refractivity contribution < 1.29 is 37.8 Å². The number of hydrogen-bond acceptors (Lipinski definition) is 11. The van der Waals surface area contributed by atoms with Gasteiger partial charge in [0.1, 0.15) is 22.8 Å². The molecule has 1 saturated carbocycles. The van der Waals surface area contributed by atoms with Gasteiger partial charge in [0.25, 0.3) is 0 Å². The molecule has 1 amide bonds. The third kappa shape index (κ3) is 7.24. The van der Waals surface area contributed by atoms with E-state index in [9.17, 15) is 19.2 Å². The second kappa shape index (κ2) is 14.5. The minimum absolute atomic E-state index is 0.0351. The van der Waals surface area contributed by atoms with Gasteiger partial charge in [-0.1, -0.05) is 30.7 Å². The number of fused-ring (bicyclic) bond motifs is 2. The molecular weight excluding hydrogens is 661 g/mol. The van der Waals surface area contributed by atoms with Crippen molar-refractivity contribution in [2.24, 2.45) is 5.41 Å². The standard InChI is InChI=1S/C36H37BF2N6O6/c1-3-25-28(38)6-5-22-15-23(37(47)48)16-26(30(22)25)32-31(39)33-27(17-40-32)34(45-11-14-50-19-24(18-45)41-29(46)4-2)43-35(42-33)51-21-36(7-8-36)20-44-9-12-49-13-10-44/h1,4-6,15-17,24,47-48H,2,7-14,18-21H2,(H,41,46)/t24-/m0/s1. The molecule has 0 spiro atoms. The van der Waals surface area contributed by atoms with Gasteiger partial charge in [-0.05, 0) is 35.8 Å². The smallest absolute Gasteiger partial charge is 0.463 e. The Kier molecular flexibility index (Phi) is 9.87. The lowest BCUT2D eigenvalue weighted by Crippen LogP contribution is -2.44. The molecule has 3 fully saturated rings. The Bertz CT molecular complexity index is 2030. The van der Waals surface area contributed by atoms with Crippen LogP contribution in [-0.4, -0.2) is 115 Å². The number of hydrogen-bond donors (Lipinski definition) is 3. The van der Waals surface area contributed by atoms with Crippen molar-refractivity contribution in [2.45, 2.75) is 18.9 Å². The topological polar surface area (TPSA) is 142 Å². The third-order valence-electron chi connectivity index (χ3n) is 9.65. The summed E-state index contributed by atoms with van der Waals surface area (Å²) in [4.78, 5) is 30.2. The number of carbonyl (C=O) groups is 1. The van der Waals surface area contributed by atoms with Gasteiger partial charge >= 0.3 is 13.1 Å². The average molecular weight is 699 g/mol. The Balaban J connectivity index is 1.34. The number of rotatable bonds is 10. The van der Waals surface area contributed by atoms with Crippen LogP contribution in [-0.2, 0) is 14.3 Å². The van der Waals surface area contributed by atoms with Crippen LogP contribution in [0.2, 0.25) is 0 Å². The Hall–Kier alpha value is -4.72. The maximum atomic E-state index is 17.0. The molecule has 51 heavy (non-hydrogen) atoms. The largest absolute Gasteiger partial charge is 0.488 e. The molecule has 1 aliphatic carbocycles. The highest BCUT2D eigenvalue weighted by atomic mass is 19.1. The van der Waals surface area contributed by atoms with Gasteiger partial charge in [0.05, 0.1) is 50.0 Å². The minimum atomic E-state index is -1.91. The zero-order chi connectivity index (χ0) is 35.7. The molecule has 264 valence electrons. The van der Waals surface area contributed by atoms with Crippen molar-refractivity contribution in [1.29, 1.82) is 0 Å². The van der Waals surface area contributed by atoms with E-state index in [2.05, 4.69) is 32.7 Å². The van der Waals surface area contributed by atoms with Crippen LogP contribution in [0.4, 0.5) is 14.6 Å². The van der Waals surface area contributed by atoms with Crippen LogP contribution in [0, 0.1) is 29.4 Å². The van der Waals surface area contributed by atoms with Gasteiger partial charge in [-0.15, -0.1) is 6.42 Å². The maximum absolute atomic E-state index is 17.0. The lowest BCUT2D eigenvalue weighted by molar-refractivity contribution is -0.117. The third-order valence-corrected chi connectivity index (χ3v) is 9.65. The number of nitrogens with zero attached hydrogens (tertiary/aromatic N) is 5. The number of nitrogens with one attached hydrogen (secondary N) is 1. The van der Waals surface area contributed by atoms with Crippen LogP contribution < -0.4 is 20.4 Å². The summed E-state index contributed by atoms with van der Waals surface area (Å²) in [6.45, 7) is 8.93. The molecule has 2 aliphatic heterocycles. The molecule has 0 bridgehead atoms. The molecule has 3 aliphatic rings. The molecule has 12 nitrogen and oxygen atoms in total. The van der Waals surface area contributed by atoms with Gasteiger partial charge in [-0.2, -0.15) is 9.97 Å². The fourth-order valence-corrected chi connectivity index (χ4v) is 6.78. The van der Waals surface area contributed by atoms with E-state index in [1.54, 1.807) is 0 Å². The summed E-state index contributed by atoms with van der Waals surface area (Å²) >= 11 is 0. The van der Waals surface area contributed by atoms with Gasteiger partial charge < -0.3 is 34.5 Å². The molecule has 7 rings (SSSR count). The van der Waals surface area contributed by atoms with E-state index in [0.29, 0.717) is 44.2 Å². The van der Waals surface area contributed by atoms with Gasteiger partial charge in [0.15, 0.2) is 5.82 Å². The number of halogens is 2. The Labute approximate surface area is 293 Å². The molecule has 0 unspecified atom stereocenters. The van der Waals surface area contributed by atoms with Crippen molar-refractivity contribution >= 4 is 46.0 Å². The normalized spacial score (nSPS) is 19.0. The maximum Gasteiger partial charge on any atom is 0.488 e. The van der Waals surface area contributed by atoms with Crippen molar-refractivity contribution in [3.63, 3.8) is 0 Å². The van der Waals surface area contributed by atoms with Gasteiger partial charge in [-0.3, -0.25) is 14.7 Å². The monoisotopic (exact) mass is 698 g/mol. The average Bonchev–Trinajstić information content (AvgIpc) is 3.94. The molecule has 2 aromatic carbocycles. The summed E-state index contributed by atoms with van der Waals surface area (Å²) in [5.74, 6) is 0.753. The SMILES string of the molecule is C#Cc1c(F)ccc2cc(B(O)O)cc(-c3ncc4c(N5CCOC[C@@H](NC(=O)C=C)C5)nc(OCC5(CN6CCOCC6)CC5)nc4c3F)c12. The first-order valence-electron chi connectivity index (χ1n) is 16.8. The first-order chi connectivity index (χ1) is 24.7. The minimum Gasteiger partial charge on any atom is -0.463 e. The predicted molar refractivity (Wildman–Crippen MR) is 188 cm³/mol. The van der Waals surface area contributed by atoms with E-state index in [0.717, 1.165) is 32.5 Å². The van der Waals surface area contributed by atoms with Gasteiger partial charge in [0.2, 0.25) is 5.91 Å². The van der Waals surface area contributed by atoms with Crippen molar-refractivity contribution in [3.8, 4) is 29.6 Å². The van der Waals surface area contributed by atoms with E-state index in [-0.39, 0.29) is 69.1 Å². The molecule has 15 heteroatoms. The van der Waals surface area contributed by atoms with E-state index in [1.165, 1.54) is 36.5 Å². The quantitative estimate of drug-likeness (QED) is 0.127. The molecular formula is C36H37BF2N6O6. The van der Waals surface area contributed by atoms with Crippen molar-refractivity contribution in [2.75, 3.05) is 70.7 Å². The number of ether oxygens (including phenoxy) is 3. The Morgan fingerprint density at radius 3 is 2.69 bits per heavy atom. The zero-order valence-corrected chi connectivity index (χ0v) is 27.9. The number of benzene rings is 2. The molecule has 3 N–H and O–H groups in total. The Morgan fingerprint density at radius 1 is 1.18 bits per heavy atom. The molecule has 2 saturated heterocycles. The summed E-state index contributed by atoms with van der Waals surface area (Å²) in [6, 6.07) is 4.90. The first kappa shape index (κ1) is 34.7. The predicted octanol–water partition coefficient (Wildman–Crippen LogP) is 1.78. The summed E-state index contributed by atoms with van der Waals surface area (Å²) in [5, 5.41) is 23.8. The van der Waals surface area contributed by atoms with E-state index in [1.807, 2.05) is 4.90 Å². The van der Waals surface area contributed by atoms with Crippen LogP contribution in [0.3, 0.4) is 0 Å². The number of amides is 1. The summed E-state index contributed by atoms with van der Waals surface area (Å²) in [6.07, 6.45) is 10.2. The number of morpholine rings is 1. The van der Waals surface area contributed by atoms with E-state index >= 15 is 4.39 Å². The highest BCUT2D eigenvalue weighted by molar-refractivity contribution is 6.59. The molecule has 1 atom stereocenters. The van der Waals surface area contributed by atoms with Gasteiger partial charge in [-0.25, -0.2) is 8.78 Å². The highest BCUT2D eigenvalue weighted by Crippen LogP contribution is 2.47. The van der Waals surface area contributed by atoms with Gasteiger partial charge in [0, 0.05) is 55.3 Å². The molecule has 2 aromatic heterocycles. The van der Waals surface area contributed by atoms with Crippen LogP contribution in [0.25, 0.3) is 32.9 Å². The number of terminal acetylenes is 1. The van der Waals surface area contributed by atoms with Crippen LogP contribution in [0.5, 0.6) is 6.01 Å². The number of anilines is 1. The van der Waals surface area contributed by atoms with Crippen LogP contribution >= 0.6 is 0 Å². The Morgan fingerprint density at radius 2 is 1.96 bits per heavy atom. The van der Waals surface area contributed by atoms with Crippen LogP contribution in [0.15, 0.2) is 43.1 Å². The summed E-state index contributed by atoms with van der Waals surface area (Å²) < 4.78 is 49.6. The molecule has 4 heterocycles. The van der Waals surface area contributed by atoms with Crippen molar-refractivity contribution in [3.05, 3.63) is 60.3 Å². The number of aromatic nitrogens is 3. The highest BCUT2D eigenvalue weighted by Gasteiger charge is 2.45. The zero-order valence-electron chi connectivity index (χ0n) is 27.9. The van der Waals surface area contributed by atoms with E-state index in [4.69, 9.17) is 25.6 Å². The number of carbonyl (C=O) groups excluding carboxylic acids is 1. The summed E-state index contributed by atoms with van der Waals surface area (Å²) in [7, 11) is -1.91. The fourth-order valence-electron chi connectivity index (χ4n) is 6.78. The number of pyridine rings is 1. The first-order valence-corrected chi connectivity index (χ1v) is 16.8. The molecule has 4 aromatic rings. The van der Waals surface area contributed by atoms with E-state index < -0.39 is 24.8 Å². The summed E-state index contributed by atoms with van der Waals surface area (Å²) in [5.41, 5.74) is -0.460. The lowest BCUT2D eigenvalue weighted by atomic mass is 9.77. The van der Waals surface area contributed by atoms with Crippen LogP contribution in [0.1, 0.15) is 18.4 Å². The fraction of sp³-hybridized carbons (Fsp3) is 0.389. The lowest BCUT2D eigenvalue weighted by Gasteiger charge is -2.30. The van der Waals surface area contributed by atoms with Crippen molar-refractivity contribution in [1.82, 2.24) is 25.2 Å².